The molecule has 0 aliphatic heterocycles. The van der Waals surface area contributed by atoms with E-state index in [0.717, 1.165) is 29.5 Å². The van der Waals surface area contributed by atoms with Gasteiger partial charge in [-0.3, -0.25) is 4.79 Å². The fourth-order valence-electron chi connectivity index (χ4n) is 2.62. The van der Waals surface area contributed by atoms with E-state index >= 15 is 0 Å². The summed E-state index contributed by atoms with van der Waals surface area (Å²) in [5, 5.41) is 0. The minimum absolute atomic E-state index is 0.269. The Bertz CT molecular complexity index is 557. The van der Waals surface area contributed by atoms with Crippen LogP contribution < -0.4 is 0 Å². The van der Waals surface area contributed by atoms with Gasteiger partial charge in [0.25, 0.3) is 0 Å². The number of ketones is 1. The standard InChI is InChI=1S/C20H24O/c1-2-3-4-5-9-16-20(21)19-15-11-10-14-18(19)17-12-7-6-8-13-17/h6-8,10-15H,2-5,9,16H2,1H3. The molecule has 0 N–H and O–H groups in total. The molecular weight excluding hydrogens is 256 g/mol. The monoisotopic (exact) mass is 280 g/mol. The Balaban J connectivity index is 2.04. The first kappa shape index (κ1) is 15.5. The molecule has 0 saturated carbocycles. The molecule has 0 aliphatic carbocycles. The first-order valence-corrected chi connectivity index (χ1v) is 8.00. The zero-order valence-electron chi connectivity index (χ0n) is 12.8. The Morgan fingerprint density at radius 3 is 2.24 bits per heavy atom. The number of carbonyl (C=O) groups excluding carboxylic acids is 1. The van der Waals surface area contributed by atoms with Gasteiger partial charge in [-0.1, -0.05) is 87.2 Å². The van der Waals surface area contributed by atoms with Crippen molar-refractivity contribution in [2.45, 2.75) is 45.4 Å². The van der Waals surface area contributed by atoms with Gasteiger partial charge >= 0.3 is 0 Å². The molecule has 0 aliphatic rings. The van der Waals surface area contributed by atoms with Crippen LogP contribution in [0.5, 0.6) is 0 Å². The third kappa shape index (κ3) is 4.56. The van der Waals surface area contributed by atoms with Crippen molar-refractivity contribution < 1.29 is 4.79 Å². The average Bonchev–Trinajstić information content (AvgIpc) is 2.55. The van der Waals surface area contributed by atoms with Crippen molar-refractivity contribution in [1.82, 2.24) is 0 Å². The second-order valence-electron chi connectivity index (χ2n) is 5.50. The van der Waals surface area contributed by atoms with E-state index in [4.69, 9.17) is 0 Å². The first-order valence-electron chi connectivity index (χ1n) is 8.00. The van der Waals surface area contributed by atoms with Crippen molar-refractivity contribution in [3.05, 3.63) is 60.2 Å². The fraction of sp³-hybridized carbons (Fsp3) is 0.350. The zero-order chi connectivity index (χ0) is 14.9. The van der Waals surface area contributed by atoms with Crippen LogP contribution >= 0.6 is 0 Å². The van der Waals surface area contributed by atoms with Crippen molar-refractivity contribution in [2.24, 2.45) is 0 Å². The molecule has 0 aromatic heterocycles. The van der Waals surface area contributed by atoms with Gasteiger partial charge in [0.1, 0.15) is 0 Å². The molecule has 1 heteroatoms. The van der Waals surface area contributed by atoms with Crippen LogP contribution in [0.3, 0.4) is 0 Å². The summed E-state index contributed by atoms with van der Waals surface area (Å²) in [6.07, 6.45) is 6.58. The summed E-state index contributed by atoms with van der Waals surface area (Å²) in [5.41, 5.74) is 3.03. The third-order valence-corrected chi connectivity index (χ3v) is 3.82. The van der Waals surface area contributed by atoms with Gasteiger partial charge in [-0.2, -0.15) is 0 Å². The van der Waals surface area contributed by atoms with Gasteiger partial charge in [0, 0.05) is 12.0 Å². The molecule has 21 heavy (non-hydrogen) atoms. The summed E-state index contributed by atoms with van der Waals surface area (Å²) in [6.45, 7) is 2.21. The summed E-state index contributed by atoms with van der Waals surface area (Å²) in [6, 6.07) is 18.1. The molecule has 0 atom stereocenters. The molecule has 1 nitrogen and oxygen atoms in total. The lowest BCUT2D eigenvalue weighted by molar-refractivity contribution is 0.0979. The van der Waals surface area contributed by atoms with Gasteiger partial charge in [0.2, 0.25) is 0 Å². The zero-order valence-corrected chi connectivity index (χ0v) is 12.8. The largest absolute Gasteiger partial charge is 0.294 e. The molecule has 2 aromatic carbocycles. The minimum Gasteiger partial charge on any atom is -0.294 e. The molecular formula is C20H24O. The lowest BCUT2D eigenvalue weighted by Gasteiger charge is -2.09. The quantitative estimate of drug-likeness (QED) is 0.435. The van der Waals surface area contributed by atoms with Crippen LogP contribution in [0.1, 0.15) is 55.8 Å². The molecule has 0 unspecified atom stereocenters. The Morgan fingerprint density at radius 2 is 1.48 bits per heavy atom. The summed E-state index contributed by atoms with van der Waals surface area (Å²) in [7, 11) is 0. The van der Waals surface area contributed by atoms with Crippen molar-refractivity contribution in [3.8, 4) is 11.1 Å². The number of Topliss-reactive ketones (excluding diaryl/α,β-unsaturated/α-hetero) is 1. The van der Waals surface area contributed by atoms with E-state index in [2.05, 4.69) is 19.1 Å². The molecule has 0 saturated heterocycles. The highest BCUT2D eigenvalue weighted by atomic mass is 16.1. The minimum atomic E-state index is 0.269. The van der Waals surface area contributed by atoms with Crippen LogP contribution in [0, 0.1) is 0 Å². The molecule has 0 bridgehead atoms. The van der Waals surface area contributed by atoms with Gasteiger partial charge in [0.05, 0.1) is 0 Å². The maximum absolute atomic E-state index is 12.5. The van der Waals surface area contributed by atoms with Crippen LogP contribution in [0.4, 0.5) is 0 Å². The average molecular weight is 280 g/mol. The van der Waals surface area contributed by atoms with Crippen LogP contribution in [0.15, 0.2) is 54.6 Å². The van der Waals surface area contributed by atoms with Crippen LogP contribution in [-0.2, 0) is 0 Å². The maximum atomic E-state index is 12.5. The van der Waals surface area contributed by atoms with Crippen molar-refractivity contribution in [1.29, 1.82) is 0 Å². The summed E-state index contributed by atoms with van der Waals surface area (Å²) >= 11 is 0. The molecule has 0 radical (unpaired) electrons. The topological polar surface area (TPSA) is 17.1 Å². The third-order valence-electron chi connectivity index (χ3n) is 3.82. The fourth-order valence-corrected chi connectivity index (χ4v) is 2.62. The Labute approximate surface area is 128 Å². The number of hydrogen-bond donors (Lipinski definition) is 0. The second kappa shape index (κ2) is 8.41. The lowest BCUT2D eigenvalue weighted by atomic mass is 9.95. The summed E-state index contributed by atoms with van der Waals surface area (Å²) in [5.74, 6) is 0.269. The SMILES string of the molecule is CCCCCCCC(=O)c1ccccc1-c1ccccc1. The van der Waals surface area contributed by atoms with E-state index in [1.54, 1.807) is 0 Å². The van der Waals surface area contributed by atoms with Gasteiger partial charge in [-0.05, 0) is 17.5 Å². The molecule has 0 heterocycles. The Morgan fingerprint density at radius 1 is 0.810 bits per heavy atom. The van der Waals surface area contributed by atoms with E-state index in [-0.39, 0.29) is 5.78 Å². The number of rotatable bonds is 8. The Hall–Kier alpha value is -1.89. The lowest BCUT2D eigenvalue weighted by Crippen LogP contribution is -2.01. The number of unbranched alkanes of at least 4 members (excludes halogenated alkanes) is 4. The Kier molecular flexibility index (Phi) is 6.21. The number of hydrogen-bond acceptors (Lipinski definition) is 1. The van der Waals surface area contributed by atoms with Gasteiger partial charge in [-0.15, -0.1) is 0 Å². The number of carbonyl (C=O) groups is 1. The van der Waals surface area contributed by atoms with Crippen LogP contribution in [0.25, 0.3) is 11.1 Å². The van der Waals surface area contributed by atoms with Crippen molar-refractivity contribution in [2.75, 3.05) is 0 Å². The summed E-state index contributed by atoms with van der Waals surface area (Å²) in [4.78, 5) is 12.5. The number of benzene rings is 2. The second-order valence-corrected chi connectivity index (χ2v) is 5.50. The molecule has 2 rings (SSSR count). The van der Waals surface area contributed by atoms with Gasteiger partial charge < -0.3 is 0 Å². The smallest absolute Gasteiger partial charge is 0.163 e. The molecule has 0 amide bonds. The van der Waals surface area contributed by atoms with E-state index in [0.29, 0.717) is 6.42 Å². The summed E-state index contributed by atoms with van der Waals surface area (Å²) < 4.78 is 0. The first-order chi connectivity index (χ1) is 10.3. The van der Waals surface area contributed by atoms with Crippen LogP contribution in [-0.4, -0.2) is 5.78 Å². The molecule has 0 fully saturated rings. The van der Waals surface area contributed by atoms with Crippen molar-refractivity contribution >= 4 is 5.78 Å². The van der Waals surface area contributed by atoms with E-state index in [9.17, 15) is 4.79 Å². The highest BCUT2D eigenvalue weighted by Crippen LogP contribution is 2.25. The predicted octanol–water partition coefficient (Wildman–Crippen LogP) is 5.90. The molecule has 0 spiro atoms. The highest BCUT2D eigenvalue weighted by Gasteiger charge is 2.11. The van der Waals surface area contributed by atoms with Gasteiger partial charge in [-0.25, -0.2) is 0 Å². The van der Waals surface area contributed by atoms with Crippen molar-refractivity contribution in [3.63, 3.8) is 0 Å². The molecule has 2 aromatic rings. The van der Waals surface area contributed by atoms with E-state index in [1.165, 1.54) is 19.3 Å². The maximum Gasteiger partial charge on any atom is 0.163 e. The van der Waals surface area contributed by atoms with E-state index < -0.39 is 0 Å². The molecule has 110 valence electrons. The van der Waals surface area contributed by atoms with Gasteiger partial charge in [0.15, 0.2) is 5.78 Å². The predicted molar refractivity (Wildman–Crippen MR) is 89.6 cm³/mol. The van der Waals surface area contributed by atoms with Crippen LogP contribution in [0.2, 0.25) is 0 Å². The normalized spacial score (nSPS) is 10.5. The highest BCUT2D eigenvalue weighted by molar-refractivity contribution is 6.02. The van der Waals surface area contributed by atoms with E-state index in [1.807, 2.05) is 42.5 Å².